The van der Waals surface area contributed by atoms with Gasteiger partial charge in [-0.1, -0.05) is 42.5 Å². The molecule has 0 fully saturated rings. The number of benzene rings is 2. The highest BCUT2D eigenvalue weighted by Crippen LogP contribution is 2.49. The molecule has 0 amide bonds. The minimum atomic E-state index is -1.72. The molecular weight excluding hydrogens is 525 g/mol. The van der Waals surface area contributed by atoms with E-state index in [0.29, 0.717) is 17.7 Å². The highest BCUT2D eigenvalue weighted by atomic mass is 19.1. The molecule has 0 aliphatic heterocycles. The average Bonchev–Trinajstić information content (AvgIpc) is 3.01. The molecule has 0 spiro atoms. The molecule has 0 saturated carbocycles. The highest BCUT2D eigenvalue weighted by Gasteiger charge is 2.44. The van der Waals surface area contributed by atoms with Crippen LogP contribution in [-0.2, 0) is 5.60 Å². The van der Waals surface area contributed by atoms with Crippen LogP contribution in [0, 0.1) is 5.82 Å². The van der Waals surface area contributed by atoms with Gasteiger partial charge in [-0.05, 0) is 43.8 Å². The van der Waals surface area contributed by atoms with Crippen molar-refractivity contribution in [3.8, 4) is 34.5 Å². The van der Waals surface area contributed by atoms with Crippen molar-refractivity contribution in [2.45, 2.75) is 17.9 Å². The molecule has 2 atom stereocenters. The number of aromatic nitrogens is 2. The Morgan fingerprint density at radius 2 is 1.51 bits per heavy atom. The maximum absolute atomic E-state index is 16.2. The van der Waals surface area contributed by atoms with Crippen LogP contribution in [0.3, 0.4) is 0 Å². The van der Waals surface area contributed by atoms with Crippen LogP contribution in [0.5, 0.6) is 23.4 Å². The number of ether oxygens (including phenoxy) is 4. The first kappa shape index (κ1) is 29.8. The largest absolute Gasteiger partial charge is 0.494 e. The Kier molecular flexibility index (Phi) is 9.42. The minimum absolute atomic E-state index is 0.0542. The van der Waals surface area contributed by atoms with Crippen LogP contribution >= 0.6 is 0 Å². The van der Waals surface area contributed by atoms with Gasteiger partial charge >= 0.3 is 0 Å². The van der Waals surface area contributed by atoms with E-state index in [-0.39, 0.29) is 35.4 Å². The van der Waals surface area contributed by atoms with Crippen LogP contribution in [0.25, 0.3) is 11.1 Å². The van der Waals surface area contributed by atoms with Crippen LogP contribution in [-0.4, -0.2) is 69.1 Å². The van der Waals surface area contributed by atoms with E-state index in [1.807, 2.05) is 55.4 Å². The summed E-state index contributed by atoms with van der Waals surface area (Å²) in [6, 6.07) is 19.8. The Balaban J connectivity index is 2.09. The number of halogens is 1. The van der Waals surface area contributed by atoms with Gasteiger partial charge in [0.2, 0.25) is 17.6 Å². The number of hydrogen-bond acceptors (Lipinski definition) is 8. The molecule has 0 aliphatic carbocycles. The van der Waals surface area contributed by atoms with Crippen LogP contribution in [0.15, 0.2) is 72.9 Å². The fourth-order valence-corrected chi connectivity index (χ4v) is 5.01. The SMILES string of the molecule is COc1cc(C(O)(CCN(C)C)C(c2cc(-c3ccccc3)cnc2OC)c2cccc(OC)c2F)cc(OC)n1. The molecule has 4 rings (SSSR count). The number of aliphatic hydroxyl groups is 1. The van der Waals surface area contributed by atoms with E-state index >= 15 is 4.39 Å². The lowest BCUT2D eigenvalue weighted by Gasteiger charge is -2.39. The maximum Gasteiger partial charge on any atom is 0.217 e. The van der Waals surface area contributed by atoms with Crippen LogP contribution in [0.2, 0.25) is 0 Å². The first-order valence-electron chi connectivity index (χ1n) is 13.1. The van der Waals surface area contributed by atoms with Gasteiger partial charge in [0.05, 0.1) is 34.4 Å². The molecule has 2 heterocycles. The van der Waals surface area contributed by atoms with E-state index in [4.69, 9.17) is 18.9 Å². The standard InChI is InChI=1S/C32H36FN3O5/c1-36(2)16-15-32(37,23-18-27(39-4)35-28(19-23)40-5)29(24-13-10-14-26(38-3)30(24)33)25-17-22(20-34-31(25)41-6)21-11-8-7-9-12-21/h7-14,17-20,29,37H,15-16H2,1-6H3. The smallest absolute Gasteiger partial charge is 0.217 e. The summed E-state index contributed by atoms with van der Waals surface area (Å²) >= 11 is 0. The summed E-state index contributed by atoms with van der Waals surface area (Å²) in [4.78, 5) is 10.9. The summed E-state index contributed by atoms with van der Waals surface area (Å²) in [5.41, 5.74) is 1.13. The molecule has 0 saturated heterocycles. The molecule has 0 bridgehead atoms. The molecule has 0 aliphatic rings. The van der Waals surface area contributed by atoms with Crippen LogP contribution < -0.4 is 18.9 Å². The third-order valence-corrected chi connectivity index (χ3v) is 7.13. The van der Waals surface area contributed by atoms with Crippen molar-refractivity contribution >= 4 is 0 Å². The predicted octanol–water partition coefficient (Wildman–Crippen LogP) is 5.29. The Morgan fingerprint density at radius 3 is 2.10 bits per heavy atom. The second kappa shape index (κ2) is 13.0. The number of rotatable bonds is 12. The molecule has 2 aromatic carbocycles. The van der Waals surface area contributed by atoms with Crippen molar-refractivity contribution in [2.24, 2.45) is 0 Å². The molecular formula is C32H36FN3O5. The Hall–Kier alpha value is -4.21. The summed E-state index contributed by atoms with van der Waals surface area (Å²) in [7, 11) is 9.71. The first-order chi connectivity index (χ1) is 19.7. The lowest BCUT2D eigenvalue weighted by Crippen LogP contribution is -2.38. The van der Waals surface area contributed by atoms with E-state index in [9.17, 15) is 5.11 Å². The monoisotopic (exact) mass is 561 g/mol. The third-order valence-electron chi connectivity index (χ3n) is 7.13. The summed E-state index contributed by atoms with van der Waals surface area (Å²) in [6.45, 7) is 0.472. The highest BCUT2D eigenvalue weighted by molar-refractivity contribution is 5.65. The molecule has 2 aromatic heterocycles. The van der Waals surface area contributed by atoms with Gasteiger partial charge in [-0.3, -0.25) is 0 Å². The molecule has 1 N–H and O–H groups in total. The molecule has 8 nitrogen and oxygen atoms in total. The summed E-state index contributed by atoms with van der Waals surface area (Å²) in [5.74, 6) is -0.790. The predicted molar refractivity (Wildman–Crippen MR) is 155 cm³/mol. The number of hydrogen-bond donors (Lipinski definition) is 1. The molecule has 0 radical (unpaired) electrons. The van der Waals surface area contributed by atoms with E-state index in [2.05, 4.69) is 9.97 Å². The van der Waals surface area contributed by atoms with Gasteiger partial charge in [-0.15, -0.1) is 0 Å². The summed E-state index contributed by atoms with van der Waals surface area (Å²) in [6.07, 6.45) is 1.91. The average molecular weight is 562 g/mol. The fraction of sp³-hybridized carbons (Fsp3) is 0.312. The summed E-state index contributed by atoms with van der Waals surface area (Å²) < 4.78 is 38.2. The second-order valence-electron chi connectivity index (χ2n) is 9.90. The molecule has 41 heavy (non-hydrogen) atoms. The molecule has 9 heteroatoms. The quantitative estimate of drug-likeness (QED) is 0.250. The van der Waals surface area contributed by atoms with Crippen LogP contribution in [0.1, 0.15) is 29.0 Å². The Labute approximate surface area is 240 Å². The zero-order chi connectivity index (χ0) is 29.6. The van der Waals surface area contributed by atoms with E-state index in [1.165, 1.54) is 28.4 Å². The van der Waals surface area contributed by atoms with Crippen molar-refractivity contribution in [1.29, 1.82) is 0 Å². The molecule has 4 aromatic rings. The third kappa shape index (κ3) is 6.26. The van der Waals surface area contributed by atoms with Crippen molar-refractivity contribution in [3.63, 3.8) is 0 Å². The topological polar surface area (TPSA) is 86.2 Å². The van der Waals surface area contributed by atoms with Gasteiger partial charge in [-0.25, -0.2) is 9.37 Å². The molecule has 216 valence electrons. The number of nitrogens with zero attached hydrogens (tertiary/aromatic N) is 3. The second-order valence-corrected chi connectivity index (χ2v) is 9.90. The lowest BCUT2D eigenvalue weighted by atomic mass is 9.71. The maximum atomic E-state index is 16.2. The number of pyridine rings is 2. The number of methoxy groups -OCH3 is 4. The Morgan fingerprint density at radius 1 is 0.829 bits per heavy atom. The van der Waals surface area contributed by atoms with Gasteiger partial charge < -0.3 is 29.0 Å². The van der Waals surface area contributed by atoms with Gasteiger partial charge in [0, 0.05) is 41.6 Å². The van der Waals surface area contributed by atoms with Crippen molar-refractivity contribution in [1.82, 2.24) is 14.9 Å². The van der Waals surface area contributed by atoms with E-state index < -0.39 is 17.3 Å². The Bertz CT molecular complexity index is 1450. The summed E-state index contributed by atoms with van der Waals surface area (Å²) in [5, 5.41) is 13.0. The lowest BCUT2D eigenvalue weighted by molar-refractivity contribution is 0.00229. The first-order valence-corrected chi connectivity index (χ1v) is 13.1. The van der Waals surface area contributed by atoms with Crippen molar-refractivity contribution < 1.29 is 28.4 Å². The van der Waals surface area contributed by atoms with Crippen LogP contribution in [0.4, 0.5) is 4.39 Å². The van der Waals surface area contributed by atoms with Crippen molar-refractivity contribution in [3.05, 3.63) is 95.4 Å². The van der Waals surface area contributed by atoms with Gasteiger partial charge in [-0.2, -0.15) is 4.98 Å². The van der Waals surface area contributed by atoms with E-state index in [0.717, 1.165) is 11.1 Å². The van der Waals surface area contributed by atoms with Gasteiger partial charge in [0.1, 0.15) is 5.60 Å². The minimum Gasteiger partial charge on any atom is -0.494 e. The van der Waals surface area contributed by atoms with Gasteiger partial charge in [0.15, 0.2) is 11.6 Å². The van der Waals surface area contributed by atoms with Gasteiger partial charge in [0.25, 0.3) is 0 Å². The van der Waals surface area contributed by atoms with Crippen molar-refractivity contribution in [2.75, 3.05) is 49.1 Å². The zero-order valence-corrected chi connectivity index (χ0v) is 24.2. The van der Waals surface area contributed by atoms with E-state index in [1.54, 1.807) is 36.5 Å². The zero-order valence-electron chi connectivity index (χ0n) is 24.2. The normalized spacial score (nSPS) is 13.4. The molecule has 2 unspecified atom stereocenters. The fourth-order valence-electron chi connectivity index (χ4n) is 5.01.